The monoisotopic (exact) mass is 416 g/mol. The zero-order chi connectivity index (χ0) is 21.0. The van der Waals surface area contributed by atoms with E-state index < -0.39 is 21.7 Å². The second-order valence-corrected chi connectivity index (χ2v) is 8.24. The first-order valence-corrected chi connectivity index (χ1v) is 10.5. The van der Waals surface area contributed by atoms with E-state index in [0.717, 1.165) is 0 Å². The van der Waals surface area contributed by atoms with Crippen LogP contribution in [0, 0.1) is 5.82 Å². The molecule has 1 heterocycles. The molecule has 0 bridgehead atoms. The Labute approximate surface area is 168 Å². The number of hydrogen-bond donors (Lipinski definition) is 2. The van der Waals surface area contributed by atoms with Gasteiger partial charge in [-0.1, -0.05) is 6.92 Å². The van der Waals surface area contributed by atoms with Gasteiger partial charge in [0.25, 0.3) is 5.91 Å². The van der Waals surface area contributed by atoms with Crippen molar-refractivity contribution in [2.24, 2.45) is 0 Å². The molecule has 152 valence electrons. The van der Waals surface area contributed by atoms with Crippen molar-refractivity contribution in [3.63, 3.8) is 0 Å². The lowest BCUT2D eigenvalue weighted by molar-refractivity contribution is 0.102. The fourth-order valence-corrected chi connectivity index (χ4v) is 3.91. The van der Waals surface area contributed by atoms with Crippen molar-refractivity contribution in [3.05, 3.63) is 72.3 Å². The molecule has 29 heavy (non-hydrogen) atoms. The summed E-state index contributed by atoms with van der Waals surface area (Å²) in [5.41, 5.74) is 0.791. The molecule has 0 saturated carbocycles. The molecule has 3 aromatic rings. The largest absolute Gasteiger partial charge is 0.322 e. The van der Waals surface area contributed by atoms with Gasteiger partial charge >= 0.3 is 0 Å². The Morgan fingerprint density at radius 1 is 1.21 bits per heavy atom. The topological polar surface area (TPSA) is 93.1 Å². The van der Waals surface area contributed by atoms with Gasteiger partial charge in [0.15, 0.2) is 5.82 Å². The normalized spacial score (nSPS) is 12.5. The first kappa shape index (κ1) is 20.7. The van der Waals surface area contributed by atoms with Gasteiger partial charge < -0.3 is 5.32 Å². The van der Waals surface area contributed by atoms with Crippen LogP contribution in [0.4, 0.5) is 10.1 Å². The summed E-state index contributed by atoms with van der Waals surface area (Å²) >= 11 is 0. The molecule has 2 aromatic carbocycles. The Morgan fingerprint density at radius 2 is 1.93 bits per heavy atom. The lowest BCUT2D eigenvalue weighted by atomic mass is 10.2. The minimum atomic E-state index is -3.64. The molecule has 1 atom stereocenters. The van der Waals surface area contributed by atoms with Gasteiger partial charge in [0, 0.05) is 29.7 Å². The first-order valence-electron chi connectivity index (χ1n) is 9.03. The number of hydrogen-bond acceptors (Lipinski definition) is 4. The molecule has 1 aromatic heterocycles. The lowest BCUT2D eigenvalue weighted by Crippen LogP contribution is -2.32. The van der Waals surface area contributed by atoms with Crippen molar-refractivity contribution in [3.8, 4) is 5.69 Å². The standard InChI is InChI=1S/C20H21FN4O3S/c1-3-14(2)24-29(27,28)17-8-5-15(6-9-17)20(26)23-16-7-10-19(18(21)13-16)25-12-4-11-22-25/h4-14,24H,3H2,1-2H3,(H,23,26). The highest BCUT2D eigenvalue weighted by atomic mass is 32.2. The third-order valence-corrected chi connectivity index (χ3v) is 5.96. The van der Waals surface area contributed by atoms with E-state index in [1.807, 2.05) is 6.92 Å². The molecule has 0 aliphatic rings. The average Bonchev–Trinajstić information content (AvgIpc) is 3.22. The van der Waals surface area contributed by atoms with Crippen molar-refractivity contribution in [2.45, 2.75) is 31.2 Å². The average molecular weight is 416 g/mol. The van der Waals surface area contributed by atoms with E-state index >= 15 is 0 Å². The molecule has 3 rings (SSSR count). The summed E-state index contributed by atoms with van der Waals surface area (Å²) in [6, 6.07) is 11.3. The van der Waals surface area contributed by atoms with Crippen LogP contribution in [0.1, 0.15) is 30.6 Å². The summed E-state index contributed by atoms with van der Waals surface area (Å²) in [5.74, 6) is -1.01. The van der Waals surface area contributed by atoms with Crippen LogP contribution in [0.5, 0.6) is 0 Å². The van der Waals surface area contributed by atoms with Crippen molar-refractivity contribution in [1.29, 1.82) is 0 Å². The second-order valence-electron chi connectivity index (χ2n) is 6.53. The van der Waals surface area contributed by atoms with Crippen LogP contribution in [0.15, 0.2) is 65.8 Å². The van der Waals surface area contributed by atoms with E-state index in [2.05, 4.69) is 15.1 Å². The molecule has 0 aliphatic heterocycles. The van der Waals surface area contributed by atoms with Gasteiger partial charge in [-0.3, -0.25) is 4.79 Å². The van der Waals surface area contributed by atoms with Crippen LogP contribution < -0.4 is 10.0 Å². The number of rotatable bonds is 7. The molecule has 9 heteroatoms. The number of carbonyl (C=O) groups excluding carboxylic acids is 1. The van der Waals surface area contributed by atoms with E-state index in [0.29, 0.717) is 6.42 Å². The Hall–Kier alpha value is -3.04. The molecule has 0 radical (unpaired) electrons. The van der Waals surface area contributed by atoms with Crippen LogP contribution in [-0.2, 0) is 10.0 Å². The quantitative estimate of drug-likeness (QED) is 0.618. The maximum absolute atomic E-state index is 14.3. The Bertz CT molecular complexity index is 1100. The van der Waals surface area contributed by atoms with Gasteiger partial charge in [-0.25, -0.2) is 22.2 Å². The van der Waals surface area contributed by atoms with Gasteiger partial charge in [-0.05, 0) is 61.9 Å². The highest BCUT2D eigenvalue weighted by Gasteiger charge is 2.17. The molecule has 1 unspecified atom stereocenters. The van der Waals surface area contributed by atoms with Crippen molar-refractivity contribution in [1.82, 2.24) is 14.5 Å². The predicted octanol–water partition coefficient (Wildman–Crippen LogP) is 3.34. The molecular formula is C20H21FN4O3S. The number of amides is 1. The first-order chi connectivity index (χ1) is 13.8. The highest BCUT2D eigenvalue weighted by Crippen LogP contribution is 2.19. The summed E-state index contributed by atoms with van der Waals surface area (Å²) < 4.78 is 42.8. The summed E-state index contributed by atoms with van der Waals surface area (Å²) in [5, 5.41) is 6.57. The number of nitrogens with one attached hydrogen (secondary N) is 2. The van der Waals surface area contributed by atoms with E-state index in [1.165, 1.54) is 47.3 Å². The van der Waals surface area contributed by atoms with Gasteiger partial charge in [-0.15, -0.1) is 0 Å². The lowest BCUT2D eigenvalue weighted by Gasteiger charge is -2.12. The van der Waals surface area contributed by atoms with Crippen LogP contribution in [-0.4, -0.2) is 30.1 Å². The van der Waals surface area contributed by atoms with Crippen LogP contribution in [0.3, 0.4) is 0 Å². The number of nitrogens with zero attached hydrogens (tertiary/aromatic N) is 2. The number of benzene rings is 2. The van der Waals surface area contributed by atoms with Gasteiger partial charge in [0.1, 0.15) is 5.69 Å². The smallest absolute Gasteiger partial charge is 0.255 e. The zero-order valence-corrected chi connectivity index (χ0v) is 16.8. The Morgan fingerprint density at radius 3 is 2.52 bits per heavy atom. The van der Waals surface area contributed by atoms with E-state index in [-0.39, 0.29) is 27.9 Å². The molecule has 0 fully saturated rings. The molecule has 2 N–H and O–H groups in total. The maximum atomic E-state index is 14.3. The summed E-state index contributed by atoms with van der Waals surface area (Å²) in [6.07, 6.45) is 3.81. The third-order valence-electron chi connectivity index (χ3n) is 4.35. The number of sulfonamides is 1. The van der Waals surface area contributed by atoms with Gasteiger partial charge in [-0.2, -0.15) is 5.10 Å². The van der Waals surface area contributed by atoms with Crippen LogP contribution >= 0.6 is 0 Å². The van der Waals surface area contributed by atoms with Gasteiger partial charge in [0.2, 0.25) is 10.0 Å². The Kier molecular flexibility index (Phi) is 6.09. The molecule has 0 saturated heterocycles. The zero-order valence-electron chi connectivity index (χ0n) is 16.0. The van der Waals surface area contributed by atoms with E-state index in [1.54, 1.807) is 25.3 Å². The third kappa shape index (κ3) is 4.87. The predicted molar refractivity (Wildman–Crippen MR) is 108 cm³/mol. The van der Waals surface area contributed by atoms with Gasteiger partial charge in [0.05, 0.1) is 4.90 Å². The number of aromatic nitrogens is 2. The molecule has 1 amide bonds. The minimum Gasteiger partial charge on any atom is -0.322 e. The minimum absolute atomic E-state index is 0.0731. The van der Waals surface area contributed by atoms with Crippen molar-refractivity contribution >= 4 is 21.6 Å². The molecule has 7 nitrogen and oxygen atoms in total. The highest BCUT2D eigenvalue weighted by molar-refractivity contribution is 7.89. The second kappa shape index (κ2) is 8.54. The van der Waals surface area contributed by atoms with Crippen LogP contribution in [0.2, 0.25) is 0 Å². The fraction of sp³-hybridized carbons (Fsp3) is 0.200. The van der Waals surface area contributed by atoms with E-state index in [9.17, 15) is 17.6 Å². The van der Waals surface area contributed by atoms with E-state index in [4.69, 9.17) is 0 Å². The summed E-state index contributed by atoms with van der Waals surface area (Å²) in [6.45, 7) is 3.65. The van der Waals surface area contributed by atoms with Crippen molar-refractivity contribution in [2.75, 3.05) is 5.32 Å². The maximum Gasteiger partial charge on any atom is 0.255 e. The number of anilines is 1. The summed E-state index contributed by atoms with van der Waals surface area (Å²) in [4.78, 5) is 12.5. The molecule has 0 spiro atoms. The Balaban J connectivity index is 1.72. The SMILES string of the molecule is CCC(C)NS(=O)(=O)c1ccc(C(=O)Nc2ccc(-n3cccn3)c(F)c2)cc1. The fourth-order valence-electron chi connectivity index (χ4n) is 2.59. The molecular weight excluding hydrogens is 395 g/mol. The number of halogens is 1. The summed E-state index contributed by atoms with van der Waals surface area (Å²) in [7, 11) is -3.64. The van der Waals surface area contributed by atoms with Crippen LogP contribution in [0.25, 0.3) is 5.69 Å². The van der Waals surface area contributed by atoms with Crippen molar-refractivity contribution < 1.29 is 17.6 Å². The number of carbonyl (C=O) groups is 1. The molecule has 0 aliphatic carbocycles.